The number of halogens is 1. The Labute approximate surface area is 235 Å². The quantitative estimate of drug-likeness (QED) is 0.187. The molecule has 1 aromatic heterocycles. The first kappa shape index (κ1) is 27.0. The second kappa shape index (κ2) is 12.5. The van der Waals surface area contributed by atoms with Gasteiger partial charge in [-0.15, -0.1) is 0 Å². The Bertz CT molecular complexity index is 1420. The summed E-state index contributed by atoms with van der Waals surface area (Å²) in [5.74, 6) is 2.52. The lowest BCUT2D eigenvalue weighted by Crippen LogP contribution is -2.25. The van der Waals surface area contributed by atoms with E-state index in [2.05, 4.69) is 40.7 Å². The summed E-state index contributed by atoms with van der Waals surface area (Å²) < 4.78 is 13.8. The molecule has 1 aliphatic rings. The molecule has 0 radical (unpaired) electrons. The first-order valence-corrected chi connectivity index (χ1v) is 13.9. The summed E-state index contributed by atoms with van der Waals surface area (Å²) in [5, 5.41) is 0.532. The van der Waals surface area contributed by atoms with Crippen LogP contribution in [0.15, 0.2) is 72.8 Å². The highest BCUT2D eigenvalue weighted by molar-refractivity contribution is 6.30. The highest BCUT2D eigenvalue weighted by Gasteiger charge is 2.21. The molecule has 0 N–H and O–H groups in total. The number of aromatic nitrogens is 2. The molecule has 7 heteroatoms. The van der Waals surface area contributed by atoms with Crippen LogP contribution in [0.4, 0.5) is 0 Å². The van der Waals surface area contributed by atoms with E-state index in [1.165, 1.54) is 0 Å². The van der Waals surface area contributed by atoms with Crippen molar-refractivity contribution >= 4 is 17.4 Å². The zero-order valence-corrected chi connectivity index (χ0v) is 23.3. The number of carbonyl (C=O) groups excluding carboxylic acids is 1. The summed E-state index contributed by atoms with van der Waals surface area (Å²) in [6, 6.07) is 24.2. The number of ketones is 1. The van der Waals surface area contributed by atoms with Crippen molar-refractivity contribution in [1.82, 2.24) is 14.5 Å². The minimum absolute atomic E-state index is 0.0646. The molecule has 0 saturated carbocycles. The molecule has 0 fully saturated rings. The van der Waals surface area contributed by atoms with Crippen LogP contribution in [0.25, 0.3) is 11.4 Å². The van der Waals surface area contributed by atoms with E-state index < -0.39 is 0 Å². The Kier molecular flexibility index (Phi) is 8.64. The van der Waals surface area contributed by atoms with Gasteiger partial charge in [-0.05, 0) is 36.6 Å². The summed E-state index contributed by atoms with van der Waals surface area (Å²) in [6.45, 7) is 7.73. The van der Waals surface area contributed by atoms with Crippen molar-refractivity contribution in [3.8, 4) is 22.9 Å². The van der Waals surface area contributed by atoms with Crippen LogP contribution < -0.4 is 9.47 Å². The average molecular weight is 544 g/mol. The fourth-order valence-corrected chi connectivity index (χ4v) is 5.14. The predicted molar refractivity (Wildman–Crippen MR) is 154 cm³/mol. The van der Waals surface area contributed by atoms with Gasteiger partial charge >= 0.3 is 0 Å². The number of imidazole rings is 1. The van der Waals surface area contributed by atoms with E-state index >= 15 is 0 Å². The molecular formula is C32H34ClN3O3. The van der Waals surface area contributed by atoms with Crippen molar-refractivity contribution < 1.29 is 14.3 Å². The molecule has 1 aliphatic heterocycles. The maximum atomic E-state index is 11.8. The maximum Gasteiger partial charge on any atom is 0.161 e. The Hall–Kier alpha value is -3.61. The van der Waals surface area contributed by atoms with E-state index in [-0.39, 0.29) is 5.78 Å². The standard InChI is InChI=1S/C32H34ClN3O3/c1-3-4-16-36-28(31(33)34-32(36)27-8-6-5-7-9-27)22-35(20-24-10-13-26(14-11-24)23(2)37)21-25-12-15-29-30(19-25)39-18-17-38-29/h5-15,19H,3-4,16-18,20-22H2,1-2H3. The molecule has 4 aromatic rings. The molecule has 0 bridgehead atoms. The molecule has 0 unspecified atom stereocenters. The fourth-order valence-electron chi connectivity index (χ4n) is 4.90. The van der Waals surface area contributed by atoms with Gasteiger partial charge in [0.1, 0.15) is 19.0 Å². The molecule has 0 spiro atoms. The van der Waals surface area contributed by atoms with Gasteiger partial charge in [0.2, 0.25) is 0 Å². The Morgan fingerprint density at radius 1 is 0.923 bits per heavy atom. The van der Waals surface area contributed by atoms with Crippen LogP contribution in [0.5, 0.6) is 11.5 Å². The van der Waals surface area contributed by atoms with Gasteiger partial charge in [0.15, 0.2) is 22.4 Å². The number of fused-ring (bicyclic) bond motifs is 1. The molecular weight excluding hydrogens is 510 g/mol. The van der Waals surface area contributed by atoms with Crippen LogP contribution in [0.2, 0.25) is 5.15 Å². The van der Waals surface area contributed by atoms with Gasteiger partial charge < -0.3 is 14.0 Å². The van der Waals surface area contributed by atoms with Gasteiger partial charge in [0.05, 0.1) is 5.69 Å². The summed E-state index contributed by atoms with van der Waals surface area (Å²) >= 11 is 6.85. The lowest BCUT2D eigenvalue weighted by molar-refractivity contribution is 0.101. The SMILES string of the molecule is CCCCn1c(-c2ccccc2)nc(Cl)c1CN(Cc1ccc(C(C)=O)cc1)Cc1ccc2c(c1)OCCO2. The van der Waals surface area contributed by atoms with Gasteiger partial charge in [-0.1, -0.05) is 85.6 Å². The third kappa shape index (κ3) is 6.52. The molecule has 0 amide bonds. The Morgan fingerprint density at radius 2 is 1.62 bits per heavy atom. The summed E-state index contributed by atoms with van der Waals surface area (Å²) in [5.41, 5.74) is 5.02. The number of Topliss-reactive ketones (excluding diaryl/α,β-unsaturated/α-hetero) is 1. The summed E-state index contributed by atoms with van der Waals surface area (Å²) in [4.78, 5) is 19.0. The van der Waals surface area contributed by atoms with E-state index in [0.717, 1.165) is 59.1 Å². The summed E-state index contributed by atoms with van der Waals surface area (Å²) in [6.07, 6.45) is 2.11. The van der Waals surface area contributed by atoms with Crippen molar-refractivity contribution in [3.05, 3.63) is 100 Å². The second-order valence-corrected chi connectivity index (χ2v) is 10.3. The van der Waals surface area contributed by atoms with E-state index in [0.29, 0.717) is 43.6 Å². The van der Waals surface area contributed by atoms with Crippen molar-refractivity contribution in [2.45, 2.75) is 52.9 Å². The average Bonchev–Trinajstić information content (AvgIpc) is 3.27. The van der Waals surface area contributed by atoms with Crippen LogP contribution in [0, 0.1) is 0 Å². The molecule has 5 rings (SSSR count). The minimum atomic E-state index is 0.0646. The third-order valence-corrected chi connectivity index (χ3v) is 7.25. The van der Waals surface area contributed by atoms with Crippen molar-refractivity contribution in [2.75, 3.05) is 13.2 Å². The van der Waals surface area contributed by atoms with E-state index in [9.17, 15) is 4.79 Å². The first-order chi connectivity index (χ1) is 19.0. The smallest absolute Gasteiger partial charge is 0.161 e. The van der Waals surface area contributed by atoms with Crippen molar-refractivity contribution in [3.63, 3.8) is 0 Å². The lowest BCUT2D eigenvalue weighted by atomic mass is 10.1. The monoisotopic (exact) mass is 543 g/mol. The molecule has 39 heavy (non-hydrogen) atoms. The number of benzene rings is 3. The zero-order chi connectivity index (χ0) is 27.2. The number of ether oxygens (including phenoxy) is 2. The highest BCUT2D eigenvalue weighted by atomic mass is 35.5. The van der Waals surface area contributed by atoms with Gasteiger partial charge in [0.25, 0.3) is 0 Å². The first-order valence-electron chi connectivity index (χ1n) is 13.5. The topological polar surface area (TPSA) is 56.6 Å². The number of hydrogen-bond donors (Lipinski definition) is 0. The molecule has 2 heterocycles. The van der Waals surface area contributed by atoms with Crippen molar-refractivity contribution in [1.29, 1.82) is 0 Å². The lowest BCUT2D eigenvalue weighted by Gasteiger charge is -2.25. The number of rotatable bonds is 11. The van der Waals surface area contributed by atoms with E-state index in [4.69, 9.17) is 26.1 Å². The molecule has 3 aromatic carbocycles. The number of unbranched alkanes of at least 4 members (excludes halogenated alkanes) is 1. The maximum absolute atomic E-state index is 11.8. The number of carbonyl (C=O) groups is 1. The Balaban J connectivity index is 1.48. The van der Waals surface area contributed by atoms with Crippen LogP contribution in [-0.4, -0.2) is 33.4 Å². The molecule has 0 aliphatic carbocycles. The van der Waals surface area contributed by atoms with E-state index in [1.54, 1.807) is 6.92 Å². The van der Waals surface area contributed by atoms with Crippen LogP contribution in [0.1, 0.15) is 53.9 Å². The van der Waals surface area contributed by atoms with Crippen LogP contribution in [-0.2, 0) is 26.2 Å². The largest absolute Gasteiger partial charge is 0.486 e. The van der Waals surface area contributed by atoms with Gasteiger partial charge in [-0.25, -0.2) is 4.98 Å². The zero-order valence-electron chi connectivity index (χ0n) is 22.5. The molecule has 6 nitrogen and oxygen atoms in total. The number of nitrogens with zero attached hydrogens (tertiary/aromatic N) is 3. The second-order valence-electron chi connectivity index (χ2n) is 9.92. The highest BCUT2D eigenvalue weighted by Crippen LogP contribution is 2.32. The van der Waals surface area contributed by atoms with Crippen molar-refractivity contribution in [2.24, 2.45) is 0 Å². The third-order valence-electron chi connectivity index (χ3n) is 6.94. The molecule has 0 atom stereocenters. The molecule has 202 valence electrons. The van der Waals surface area contributed by atoms with Gasteiger partial charge in [0, 0.05) is 37.3 Å². The Morgan fingerprint density at radius 3 is 2.33 bits per heavy atom. The predicted octanol–water partition coefficient (Wildman–Crippen LogP) is 7.18. The molecule has 0 saturated heterocycles. The van der Waals surface area contributed by atoms with Crippen LogP contribution in [0.3, 0.4) is 0 Å². The van der Waals surface area contributed by atoms with Crippen LogP contribution >= 0.6 is 11.6 Å². The van der Waals surface area contributed by atoms with Gasteiger partial charge in [-0.3, -0.25) is 9.69 Å². The summed E-state index contributed by atoms with van der Waals surface area (Å²) in [7, 11) is 0. The minimum Gasteiger partial charge on any atom is -0.486 e. The number of hydrogen-bond acceptors (Lipinski definition) is 5. The van der Waals surface area contributed by atoms with E-state index in [1.807, 2.05) is 48.5 Å². The van der Waals surface area contributed by atoms with Gasteiger partial charge in [-0.2, -0.15) is 0 Å². The normalized spacial score (nSPS) is 12.6. The fraction of sp³-hybridized carbons (Fsp3) is 0.312.